The normalized spacial score (nSPS) is 24.6. The molecule has 0 N–H and O–H groups in total. The molecule has 9 nitrogen and oxygen atoms in total. The lowest BCUT2D eigenvalue weighted by molar-refractivity contribution is -0.249. The number of rotatable bonds is 7. The fourth-order valence-corrected chi connectivity index (χ4v) is 3.91. The largest absolute Gasteiger partial charge is 0.441 e. The van der Waals surface area contributed by atoms with Gasteiger partial charge >= 0.3 is 6.09 Å². The number of carbonyl (C=O) groups excluding carboxylic acids is 1. The van der Waals surface area contributed by atoms with E-state index in [1.165, 1.54) is 19.1 Å². The number of cyclic esters (lactones) is 1. The zero-order valence-corrected chi connectivity index (χ0v) is 17.4. The molecule has 2 atom stereocenters. The van der Waals surface area contributed by atoms with Crippen LogP contribution in [0.5, 0.6) is 0 Å². The maximum atomic E-state index is 14.6. The van der Waals surface area contributed by atoms with E-state index < -0.39 is 34.3 Å². The van der Waals surface area contributed by atoms with Crippen molar-refractivity contribution in [1.29, 1.82) is 0 Å². The van der Waals surface area contributed by atoms with E-state index in [1.807, 2.05) is 4.90 Å². The number of hydrogen-bond acceptors (Lipinski definition) is 8. The fourth-order valence-electron chi connectivity index (χ4n) is 3.51. The Morgan fingerprint density at radius 3 is 2.34 bits per heavy atom. The van der Waals surface area contributed by atoms with Crippen LogP contribution in [0.2, 0.25) is 0 Å². The van der Waals surface area contributed by atoms with Gasteiger partial charge in [-0.05, 0) is 24.3 Å². The quantitative estimate of drug-likeness (QED) is 0.473. The summed E-state index contributed by atoms with van der Waals surface area (Å²) in [4.78, 5) is 15.4. The van der Waals surface area contributed by atoms with Gasteiger partial charge < -0.3 is 19.1 Å². The van der Waals surface area contributed by atoms with Crippen LogP contribution in [0.1, 0.15) is 6.42 Å². The highest BCUT2D eigenvalue weighted by Crippen LogP contribution is 2.33. The molecular formula is C18H25FN2O7S. The van der Waals surface area contributed by atoms with Crippen LogP contribution in [0.3, 0.4) is 0 Å². The van der Waals surface area contributed by atoms with Crippen molar-refractivity contribution < 1.29 is 36.0 Å². The number of piperidine rings is 1. The van der Waals surface area contributed by atoms with E-state index in [0.29, 0.717) is 18.7 Å². The summed E-state index contributed by atoms with van der Waals surface area (Å²) in [6, 6.07) is 7.06. The zero-order chi connectivity index (χ0) is 21.2. The second kappa shape index (κ2) is 8.42. The summed E-state index contributed by atoms with van der Waals surface area (Å²) in [6.45, 7) is 0.621. The molecule has 2 aliphatic heterocycles. The second-order valence-corrected chi connectivity index (χ2v) is 8.65. The lowest BCUT2D eigenvalue weighted by Crippen LogP contribution is -2.55. The Bertz CT molecular complexity index is 829. The van der Waals surface area contributed by atoms with Crippen molar-refractivity contribution in [3.8, 4) is 0 Å². The van der Waals surface area contributed by atoms with Gasteiger partial charge in [-0.25, -0.2) is 9.18 Å². The van der Waals surface area contributed by atoms with E-state index in [4.69, 9.17) is 18.4 Å². The molecule has 0 bridgehead atoms. The molecule has 2 heterocycles. The van der Waals surface area contributed by atoms with Gasteiger partial charge in [0.15, 0.2) is 6.17 Å². The number of anilines is 2. The minimum Gasteiger partial charge on any atom is -0.441 e. The topological polar surface area (TPSA) is 94.6 Å². The SMILES string of the molecule is COC1(OC)CCN(c2ccc(N3C[C@H](COS(C)(=O)=O)OC3=O)cc2)CC1F. The molecule has 0 spiro atoms. The van der Waals surface area contributed by atoms with Gasteiger partial charge in [-0.1, -0.05) is 0 Å². The van der Waals surface area contributed by atoms with Crippen LogP contribution in [-0.4, -0.2) is 79.3 Å². The van der Waals surface area contributed by atoms with E-state index in [9.17, 15) is 17.6 Å². The molecular weight excluding hydrogens is 407 g/mol. The Kier molecular flexibility index (Phi) is 6.32. The van der Waals surface area contributed by atoms with Gasteiger partial charge in [-0.3, -0.25) is 9.08 Å². The predicted octanol–water partition coefficient (Wildman–Crippen LogP) is 1.53. The minimum atomic E-state index is -3.61. The van der Waals surface area contributed by atoms with Crippen LogP contribution < -0.4 is 9.80 Å². The Morgan fingerprint density at radius 2 is 1.79 bits per heavy atom. The van der Waals surface area contributed by atoms with Crippen LogP contribution >= 0.6 is 0 Å². The van der Waals surface area contributed by atoms with Gasteiger partial charge in [0.2, 0.25) is 5.79 Å². The maximum absolute atomic E-state index is 14.6. The number of benzene rings is 1. The molecule has 0 aliphatic carbocycles. The first-order valence-electron chi connectivity index (χ1n) is 9.09. The number of carbonyl (C=O) groups is 1. The van der Waals surface area contributed by atoms with Crippen LogP contribution in [0.15, 0.2) is 24.3 Å². The molecule has 1 aromatic rings. The molecule has 2 saturated heterocycles. The third-order valence-corrected chi connectivity index (χ3v) is 5.71. The molecule has 162 valence electrons. The molecule has 1 amide bonds. The molecule has 1 aromatic carbocycles. The van der Waals surface area contributed by atoms with E-state index >= 15 is 0 Å². The van der Waals surface area contributed by atoms with Gasteiger partial charge in [0, 0.05) is 38.6 Å². The molecule has 2 fully saturated rings. The molecule has 11 heteroatoms. The Labute approximate surface area is 169 Å². The van der Waals surface area contributed by atoms with Crippen LogP contribution in [-0.2, 0) is 28.5 Å². The third kappa shape index (κ3) is 4.80. The average Bonchev–Trinajstić information content (AvgIpc) is 3.07. The van der Waals surface area contributed by atoms with Crippen molar-refractivity contribution >= 4 is 27.6 Å². The second-order valence-electron chi connectivity index (χ2n) is 7.01. The Hall–Kier alpha value is -1.95. The zero-order valence-electron chi connectivity index (χ0n) is 16.5. The van der Waals surface area contributed by atoms with Gasteiger partial charge in [-0.15, -0.1) is 0 Å². The number of halogens is 1. The summed E-state index contributed by atoms with van der Waals surface area (Å²) in [7, 11) is -0.741. The lowest BCUT2D eigenvalue weighted by Gasteiger charge is -2.42. The minimum absolute atomic E-state index is 0.123. The summed E-state index contributed by atoms with van der Waals surface area (Å²) < 4.78 is 57.1. The standard InChI is InChI=1S/C18H25FN2O7S/c1-25-18(26-2)8-9-20(11-16(18)19)13-4-6-14(7-5-13)21-10-15(28-17(21)22)12-27-29(3,23)24/h4-7,15-16H,8-12H2,1-3H3/t15-,16?/m1/s1. The number of hydrogen-bond donors (Lipinski definition) is 0. The molecule has 2 aliphatic rings. The van der Waals surface area contributed by atoms with Crippen molar-refractivity contribution in [2.75, 3.05) is 56.5 Å². The number of amides is 1. The molecule has 0 radical (unpaired) electrons. The first-order chi connectivity index (χ1) is 13.7. The van der Waals surface area contributed by atoms with E-state index in [-0.39, 0.29) is 19.7 Å². The third-order valence-electron chi connectivity index (χ3n) is 5.15. The highest BCUT2D eigenvalue weighted by molar-refractivity contribution is 7.85. The van der Waals surface area contributed by atoms with E-state index in [2.05, 4.69) is 0 Å². The van der Waals surface area contributed by atoms with Crippen molar-refractivity contribution in [2.24, 2.45) is 0 Å². The maximum Gasteiger partial charge on any atom is 0.414 e. The summed E-state index contributed by atoms with van der Waals surface area (Å²) in [5.74, 6) is -1.22. The van der Waals surface area contributed by atoms with Crippen molar-refractivity contribution in [2.45, 2.75) is 24.5 Å². The van der Waals surface area contributed by atoms with Crippen molar-refractivity contribution in [1.82, 2.24) is 0 Å². The number of ether oxygens (including phenoxy) is 3. The summed E-state index contributed by atoms with van der Waals surface area (Å²) in [6.07, 6.45) is -1.25. The first kappa shape index (κ1) is 21.8. The Balaban J connectivity index is 1.63. The van der Waals surface area contributed by atoms with Gasteiger partial charge in [0.05, 0.1) is 19.3 Å². The molecule has 1 unspecified atom stereocenters. The van der Waals surface area contributed by atoms with E-state index in [1.54, 1.807) is 24.3 Å². The smallest absolute Gasteiger partial charge is 0.414 e. The number of nitrogens with zero attached hydrogens (tertiary/aromatic N) is 2. The number of methoxy groups -OCH3 is 2. The average molecular weight is 432 g/mol. The van der Waals surface area contributed by atoms with Crippen molar-refractivity contribution in [3.63, 3.8) is 0 Å². The van der Waals surface area contributed by atoms with Crippen LogP contribution in [0, 0.1) is 0 Å². The van der Waals surface area contributed by atoms with Crippen LogP contribution in [0.4, 0.5) is 20.6 Å². The monoisotopic (exact) mass is 432 g/mol. The highest BCUT2D eigenvalue weighted by atomic mass is 32.2. The highest BCUT2D eigenvalue weighted by Gasteiger charge is 2.44. The number of alkyl halides is 1. The summed E-state index contributed by atoms with van der Waals surface area (Å²) in [5, 5.41) is 0. The summed E-state index contributed by atoms with van der Waals surface area (Å²) >= 11 is 0. The lowest BCUT2D eigenvalue weighted by atomic mass is 10.0. The van der Waals surface area contributed by atoms with Crippen molar-refractivity contribution in [3.05, 3.63) is 24.3 Å². The van der Waals surface area contributed by atoms with Gasteiger partial charge in [0.1, 0.15) is 12.7 Å². The van der Waals surface area contributed by atoms with Gasteiger partial charge in [0.25, 0.3) is 10.1 Å². The fraction of sp³-hybridized carbons (Fsp3) is 0.611. The predicted molar refractivity (Wildman–Crippen MR) is 103 cm³/mol. The van der Waals surface area contributed by atoms with Gasteiger partial charge in [-0.2, -0.15) is 8.42 Å². The first-order valence-corrected chi connectivity index (χ1v) is 10.9. The molecule has 0 saturated carbocycles. The molecule has 0 aromatic heterocycles. The Morgan fingerprint density at radius 1 is 1.17 bits per heavy atom. The molecule has 29 heavy (non-hydrogen) atoms. The molecule has 3 rings (SSSR count). The summed E-state index contributed by atoms with van der Waals surface area (Å²) in [5.41, 5.74) is 1.40. The van der Waals surface area contributed by atoms with E-state index in [0.717, 1.165) is 11.9 Å². The van der Waals surface area contributed by atoms with Crippen LogP contribution in [0.25, 0.3) is 0 Å².